The van der Waals surface area contributed by atoms with Gasteiger partial charge in [-0.2, -0.15) is 0 Å². The van der Waals surface area contributed by atoms with Gasteiger partial charge >= 0.3 is 5.97 Å². The second kappa shape index (κ2) is 6.13. The van der Waals surface area contributed by atoms with E-state index < -0.39 is 0 Å². The second-order valence-corrected chi connectivity index (χ2v) is 5.86. The third-order valence-electron chi connectivity index (χ3n) is 2.81. The van der Waals surface area contributed by atoms with Crippen molar-refractivity contribution in [3.05, 3.63) is 40.8 Å². The van der Waals surface area contributed by atoms with Crippen LogP contribution in [0.3, 0.4) is 0 Å². The zero-order chi connectivity index (χ0) is 14.7. The van der Waals surface area contributed by atoms with Gasteiger partial charge in [-0.3, -0.25) is 4.79 Å². The molecule has 4 nitrogen and oxygen atoms in total. The molecule has 0 fully saturated rings. The number of hydrogen-bond donors (Lipinski definition) is 1. The number of rotatable bonds is 4. The van der Waals surface area contributed by atoms with Gasteiger partial charge in [-0.25, -0.2) is 4.98 Å². The Balaban J connectivity index is 2.26. The summed E-state index contributed by atoms with van der Waals surface area (Å²) in [4.78, 5) is 20.1. The highest BCUT2D eigenvalue weighted by atomic mass is 32.2. The monoisotopic (exact) mass is 290 g/mol. The van der Waals surface area contributed by atoms with Crippen molar-refractivity contribution in [1.29, 1.82) is 0 Å². The minimum Gasteiger partial charge on any atom is -0.469 e. The number of aryl methyl sites for hydroxylation is 3. The lowest BCUT2D eigenvalue weighted by Gasteiger charge is -2.05. The Morgan fingerprint density at radius 3 is 2.50 bits per heavy atom. The topological polar surface area (TPSA) is 55.0 Å². The first kappa shape index (κ1) is 14.7. The Morgan fingerprint density at radius 2 is 1.90 bits per heavy atom. The summed E-state index contributed by atoms with van der Waals surface area (Å²) < 4.78 is 4.70. The summed E-state index contributed by atoms with van der Waals surface area (Å²) in [7, 11) is 1.39. The molecule has 0 aliphatic heterocycles. The third-order valence-corrected chi connectivity index (χ3v) is 3.83. The molecular weight excluding hydrogens is 272 g/mol. The third kappa shape index (κ3) is 3.63. The zero-order valence-corrected chi connectivity index (χ0v) is 12.9. The van der Waals surface area contributed by atoms with E-state index in [4.69, 9.17) is 4.74 Å². The summed E-state index contributed by atoms with van der Waals surface area (Å²) in [5.74, 6) is 0.523. The highest BCUT2D eigenvalue weighted by Crippen LogP contribution is 2.30. The molecule has 2 rings (SSSR count). The van der Waals surface area contributed by atoms with Gasteiger partial charge in [0.2, 0.25) is 0 Å². The number of nitrogens with one attached hydrogen (secondary N) is 1. The van der Waals surface area contributed by atoms with E-state index in [-0.39, 0.29) is 12.4 Å². The lowest BCUT2D eigenvalue weighted by molar-refractivity contribution is -0.139. The van der Waals surface area contributed by atoms with Crippen molar-refractivity contribution in [1.82, 2.24) is 9.97 Å². The second-order valence-electron chi connectivity index (χ2n) is 4.78. The summed E-state index contributed by atoms with van der Waals surface area (Å²) >= 11 is 1.59. The van der Waals surface area contributed by atoms with E-state index in [2.05, 4.69) is 42.0 Å². The smallest absolute Gasteiger partial charge is 0.311 e. The molecule has 0 bridgehead atoms. The van der Waals surface area contributed by atoms with Gasteiger partial charge in [-0.1, -0.05) is 17.8 Å². The molecule has 1 aromatic heterocycles. The number of hydrogen-bond acceptors (Lipinski definition) is 4. The van der Waals surface area contributed by atoms with Crippen molar-refractivity contribution in [3.8, 4) is 0 Å². The molecule has 1 N–H and O–H groups in total. The quantitative estimate of drug-likeness (QED) is 0.879. The van der Waals surface area contributed by atoms with Crippen molar-refractivity contribution in [2.75, 3.05) is 7.11 Å². The summed E-state index contributed by atoms with van der Waals surface area (Å²) in [6.45, 7) is 6.03. The molecule has 0 spiro atoms. The van der Waals surface area contributed by atoms with Crippen LogP contribution in [0.25, 0.3) is 0 Å². The van der Waals surface area contributed by atoms with Gasteiger partial charge in [0.1, 0.15) is 10.9 Å². The maximum absolute atomic E-state index is 11.4. The normalized spacial score (nSPS) is 10.6. The first-order valence-electron chi connectivity index (χ1n) is 6.36. The van der Waals surface area contributed by atoms with Gasteiger partial charge in [-0.05, 0) is 44.0 Å². The Bertz CT molecular complexity index is 615. The predicted molar refractivity (Wildman–Crippen MR) is 79.1 cm³/mol. The predicted octanol–water partition coefficient (Wildman–Crippen LogP) is 3.20. The van der Waals surface area contributed by atoms with Gasteiger partial charge in [0.15, 0.2) is 0 Å². The maximum atomic E-state index is 11.4. The summed E-state index contributed by atoms with van der Waals surface area (Å²) in [5, 5.41) is 0.901. The molecule has 0 atom stereocenters. The fourth-order valence-corrected chi connectivity index (χ4v) is 3.20. The average Bonchev–Trinajstić information content (AvgIpc) is 2.67. The molecule has 0 saturated carbocycles. The lowest BCUT2D eigenvalue weighted by Crippen LogP contribution is -2.05. The van der Waals surface area contributed by atoms with Crippen molar-refractivity contribution in [2.45, 2.75) is 37.1 Å². The average molecular weight is 290 g/mol. The van der Waals surface area contributed by atoms with Crippen molar-refractivity contribution in [2.24, 2.45) is 0 Å². The van der Waals surface area contributed by atoms with Crippen LogP contribution in [0, 0.1) is 20.8 Å². The van der Waals surface area contributed by atoms with Crippen molar-refractivity contribution >= 4 is 17.7 Å². The minimum atomic E-state index is -0.279. The van der Waals surface area contributed by atoms with E-state index >= 15 is 0 Å². The van der Waals surface area contributed by atoms with Crippen LogP contribution in [0.5, 0.6) is 0 Å². The summed E-state index contributed by atoms with van der Waals surface area (Å²) in [6.07, 6.45) is 0.188. The van der Waals surface area contributed by atoms with Gasteiger partial charge in [0.05, 0.1) is 19.2 Å². The van der Waals surface area contributed by atoms with Crippen molar-refractivity contribution < 1.29 is 9.53 Å². The highest BCUT2D eigenvalue weighted by Gasteiger charge is 2.14. The maximum Gasteiger partial charge on any atom is 0.311 e. The van der Waals surface area contributed by atoms with E-state index in [1.54, 1.807) is 11.8 Å². The molecule has 0 amide bonds. The number of carbonyl (C=O) groups is 1. The van der Waals surface area contributed by atoms with Crippen molar-refractivity contribution in [3.63, 3.8) is 0 Å². The first-order chi connectivity index (χ1) is 9.47. The Labute approximate surface area is 123 Å². The number of benzene rings is 1. The van der Waals surface area contributed by atoms with Crippen LogP contribution in [0.2, 0.25) is 0 Å². The number of aromatic amines is 1. The number of esters is 1. The Morgan fingerprint density at radius 1 is 1.25 bits per heavy atom. The molecule has 0 saturated heterocycles. The van der Waals surface area contributed by atoms with Gasteiger partial charge in [0.25, 0.3) is 0 Å². The molecular formula is C15H18N2O2S. The van der Waals surface area contributed by atoms with Gasteiger partial charge in [-0.15, -0.1) is 0 Å². The SMILES string of the molecule is COC(=O)Cc1nc(C)[nH]c1Sc1cc(C)cc(C)c1. The van der Waals surface area contributed by atoms with Crippen LogP contribution in [-0.2, 0) is 16.0 Å². The Kier molecular flexibility index (Phi) is 4.49. The van der Waals surface area contributed by atoms with Crippen LogP contribution in [0.15, 0.2) is 28.1 Å². The first-order valence-corrected chi connectivity index (χ1v) is 7.18. The number of nitrogens with zero attached hydrogens (tertiary/aromatic N) is 1. The molecule has 20 heavy (non-hydrogen) atoms. The number of imidazole rings is 1. The van der Waals surface area contributed by atoms with E-state index in [1.807, 2.05) is 6.92 Å². The molecule has 0 unspecified atom stereocenters. The number of H-pyrrole nitrogens is 1. The molecule has 0 aliphatic rings. The van der Waals surface area contributed by atoms with Gasteiger partial charge < -0.3 is 9.72 Å². The minimum absolute atomic E-state index is 0.188. The van der Waals surface area contributed by atoms with E-state index in [0.29, 0.717) is 0 Å². The van der Waals surface area contributed by atoms with Crippen LogP contribution >= 0.6 is 11.8 Å². The summed E-state index contributed by atoms with van der Waals surface area (Å²) in [6, 6.07) is 6.38. The number of methoxy groups -OCH3 is 1. The summed E-state index contributed by atoms with van der Waals surface area (Å²) in [5.41, 5.74) is 3.18. The fraction of sp³-hybridized carbons (Fsp3) is 0.333. The number of aromatic nitrogens is 2. The van der Waals surface area contributed by atoms with Crippen LogP contribution < -0.4 is 0 Å². The lowest BCUT2D eigenvalue weighted by atomic mass is 10.2. The Hall–Kier alpha value is -1.75. The molecule has 0 radical (unpaired) electrons. The largest absolute Gasteiger partial charge is 0.469 e. The van der Waals surface area contributed by atoms with Crippen LogP contribution in [0.1, 0.15) is 22.6 Å². The van der Waals surface area contributed by atoms with Crippen LogP contribution in [0.4, 0.5) is 0 Å². The van der Waals surface area contributed by atoms with Gasteiger partial charge in [0, 0.05) is 4.90 Å². The van der Waals surface area contributed by atoms with E-state index in [0.717, 1.165) is 21.4 Å². The zero-order valence-electron chi connectivity index (χ0n) is 12.1. The van der Waals surface area contributed by atoms with Crippen LogP contribution in [-0.4, -0.2) is 23.0 Å². The number of ether oxygens (including phenoxy) is 1. The molecule has 1 heterocycles. The molecule has 1 aromatic carbocycles. The standard InChI is InChI=1S/C15H18N2O2S/c1-9-5-10(2)7-12(6-9)20-15-13(8-14(18)19-4)16-11(3)17-15/h5-7H,8H2,1-4H3,(H,16,17). The molecule has 106 valence electrons. The van der Waals surface area contributed by atoms with E-state index in [1.165, 1.54) is 18.2 Å². The molecule has 5 heteroatoms. The molecule has 2 aromatic rings. The number of carbonyl (C=O) groups excluding carboxylic acids is 1. The highest BCUT2D eigenvalue weighted by molar-refractivity contribution is 7.99. The van der Waals surface area contributed by atoms with E-state index in [9.17, 15) is 4.79 Å². The molecule has 0 aliphatic carbocycles. The fourth-order valence-electron chi connectivity index (χ4n) is 2.04.